The first-order chi connectivity index (χ1) is 7.19. The van der Waals surface area contributed by atoms with Crippen LogP contribution in [0.3, 0.4) is 0 Å². The molecule has 2 rings (SSSR count). The molecule has 1 aromatic rings. The molecular formula is C12H17NO2. The SMILES string of the molecule is CCOc1ccc(C2(N)CC2)cc1OC. The predicted molar refractivity (Wildman–Crippen MR) is 59.3 cm³/mol. The van der Waals surface area contributed by atoms with E-state index in [1.54, 1.807) is 7.11 Å². The molecule has 0 aromatic heterocycles. The number of hydrogen-bond donors (Lipinski definition) is 1. The summed E-state index contributed by atoms with van der Waals surface area (Å²) >= 11 is 0. The van der Waals surface area contributed by atoms with Crippen molar-refractivity contribution in [1.82, 2.24) is 0 Å². The predicted octanol–water partition coefficient (Wildman–Crippen LogP) is 2.04. The molecule has 3 nitrogen and oxygen atoms in total. The Balaban J connectivity index is 2.30. The lowest BCUT2D eigenvalue weighted by molar-refractivity contribution is 0.310. The lowest BCUT2D eigenvalue weighted by atomic mass is 10.1. The standard InChI is InChI=1S/C12H17NO2/c1-3-15-10-5-4-9(8-11(10)14-2)12(13)6-7-12/h4-5,8H,3,6-7,13H2,1-2H3. The summed E-state index contributed by atoms with van der Waals surface area (Å²) in [6.45, 7) is 2.60. The highest BCUT2D eigenvalue weighted by molar-refractivity contribution is 5.46. The van der Waals surface area contributed by atoms with Crippen LogP contribution in [0.4, 0.5) is 0 Å². The van der Waals surface area contributed by atoms with Gasteiger partial charge in [0.2, 0.25) is 0 Å². The summed E-state index contributed by atoms with van der Waals surface area (Å²) in [5.74, 6) is 1.55. The molecule has 3 heteroatoms. The highest BCUT2D eigenvalue weighted by Gasteiger charge is 2.40. The molecule has 0 spiro atoms. The first kappa shape index (κ1) is 10.3. The monoisotopic (exact) mass is 207 g/mol. The van der Waals surface area contributed by atoms with Gasteiger partial charge in [-0.3, -0.25) is 0 Å². The van der Waals surface area contributed by atoms with Gasteiger partial charge < -0.3 is 15.2 Å². The number of benzene rings is 1. The second-order valence-corrected chi connectivity index (χ2v) is 3.95. The van der Waals surface area contributed by atoms with Crippen LogP contribution in [0, 0.1) is 0 Å². The van der Waals surface area contributed by atoms with Gasteiger partial charge in [0.05, 0.1) is 13.7 Å². The summed E-state index contributed by atoms with van der Waals surface area (Å²) in [5.41, 5.74) is 7.15. The fourth-order valence-electron chi connectivity index (χ4n) is 1.68. The maximum Gasteiger partial charge on any atom is 0.161 e. The van der Waals surface area contributed by atoms with Crippen molar-refractivity contribution in [3.63, 3.8) is 0 Å². The average Bonchev–Trinajstić information content (AvgIpc) is 2.99. The van der Waals surface area contributed by atoms with Crippen molar-refractivity contribution in [3.05, 3.63) is 23.8 Å². The van der Waals surface area contributed by atoms with Gasteiger partial charge in [0.15, 0.2) is 11.5 Å². The van der Waals surface area contributed by atoms with E-state index in [0.717, 1.165) is 29.9 Å². The second kappa shape index (κ2) is 3.74. The van der Waals surface area contributed by atoms with Crippen molar-refractivity contribution in [2.75, 3.05) is 13.7 Å². The molecule has 0 heterocycles. The lowest BCUT2D eigenvalue weighted by Gasteiger charge is -2.14. The molecule has 1 aliphatic carbocycles. The van der Waals surface area contributed by atoms with E-state index in [2.05, 4.69) is 0 Å². The summed E-state index contributed by atoms with van der Waals surface area (Å²) < 4.78 is 10.7. The van der Waals surface area contributed by atoms with Crippen LogP contribution in [0.2, 0.25) is 0 Å². The molecule has 2 N–H and O–H groups in total. The van der Waals surface area contributed by atoms with Gasteiger partial charge in [-0.05, 0) is 37.5 Å². The van der Waals surface area contributed by atoms with Crippen LogP contribution in [-0.2, 0) is 5.54 Å². The molecule has 0 saturated heterocycles. The van der Waals surface area contributed by atoms with Gasteiger partial charge in [-0.15, -0.1) is 0 Å². The fourth-order valence-corrected chi connectivity index (χ4v) is 1.68. The van der Waals surface area contributed by atoms with Gasteiger partial charge >= 0.3 is 0 Å². The highest BCUT2D eigenvalue weighted by Crippen LogP contribution is 2.44. The van der Waals surface area contributed by atoms with Crippen molar-refractivity contribution in [2.45, 2.75) is 25.3 Å². The van der Waals surface area contributed by atoms with Crippen LogP contribution in [0.1, 0.15) is 25.3 Å². The zero-order valence-electron chi connectivity index (χ0n) is 9.25. The van der Waals surface area contributed by atoms with E-state index >= 15 is 0 Å². The number of ether oxygens (including phenoxy) is 2. The minimum atomic E-state index is -0.113. The average molecular weight is 207 g/mol. The van der Waals surface area contributed by atoms with Crippen molar-refractivity contribution >= 4 is 0 Å². The van der Waals surface area contributed by atoms with E-state index in [0.29, 0.717) is 6.61 Å². The third kappa shape index (κ3) is 1.92. The first-order valence-electron chi connectivity index (χ1n) is 5.30. The van der Waals surface area contributed by atoms with E-state index < -0.39 is 0 Å². The molecule has 0 unspecified atom stereocenters. The van der Waals surface area contributed by atoms with Gasteiger partial charge in [-0.25, -0.2) is 0 Å². The Morgan fingerprint density at radius 1 is 1.33 bits per heavy atom. The van der Waals surface area contributed by atoms with E-state index in [1.807, 2.05) is 25.1 Å². The zero-order valence-corrected chi connectivity index (χ0v) is 9.25. The maximum absolute atomic E-state index is 6.12. The van der Waals surface area contributed by atoms with Gasteiger partial charge in [0, 0.05) is 5.54 Å². The first-order valence-corrected chi connectivity index (χ1v) is 5.30. The number of hydrogen-bond acceptors (Lipinski definition) is 3. The van der Waals surface area contributed by atoms with Crippen LogP contribution >= 0.6 is 0 Å². The minimum absolute atomic E-state index is 0.113. The summed E-state index contributed by atoms with van der Waals surface area (Å²) in [4.78, 5) is 0. The maximum atomic E-state index is 6.12. The third-order valence-corrected chi connectivity index (χ3v) is 2.83. The Kier molecular flexibility index (Phi) is 2.57. The van der Waals surface area contributed by atoms with Crippen molar-refractivity contribution in [1.29, 1.82) is 0 Å². The molecule has 1 aromatic carbocycles. The molecule has 0 aliphatic heterocycles. The molecule has 0 bridgehead atoms. The largest absolute Gasteiger partial charge is 0.493 e. The second-order valence-electron chi connectivity index (χ2n) is 3.95. The van der Waals surface area contributed by atoms with Crippen LogP contribution < -0.4 is 15.2 Å². The van der Waals surface area contributed by atoms with Crippen LogP contribution in [0.15, 0.2) is 18.2 Å². The molecule has 82 valence electrons. The summed E-state index contributed by atoms with van der Waals surface area (Å²) in [6, 6.07) is 5.95. The van der Waals surface area contributed by atoms with E-state index in [9.17, 15) is 0 Å². The molecule has 1 fully saturated rings. The zero-order chi connectivity index (χ0) is 10.9. The van der Waals surface area contributed by atoms with Crippen molar-refractivity contribution in [3.8, 4) is 11.5 Å². The smallest absolute Gasteiger partial charge is 0.161 e. The van der Waals surface area contributed by atoms with Gasteiger partial charge in [0.25, 0.3) is 0 Å². The molecule has 0 atom stereocenters. The van der Waals surface area contributed by atoms with Gasteiger partial charge in [-0.1, -0.05) is 6.07 Å². The van der Waals surface area contributed by atoms with Crippen LogP contribution in [-0.4, -0.2) is 13.7 Å². The van der Waals surface area contributed by atoms with Crippen LogP contribution in [0.25, 0.3) is 0 Å². The summed E-state index contributed by atoms with van der Waals surface area (Å²) in [7, 11) is 1.65. The Labute approximate surface area is 90.2 Å². The van der Waals surface area contributed by atoms with E-state index in [-0.39, 0.29) is 5.54 Å². The van der Waals surface area contributed by atoms with Crippen molar-refractivity contribution < 1.29 is 9.47 Å². The molecule has 1 aliphatic rings. The van der Waals surface area contributed by atoms with E-state index in [1.165, 1.54) is 0 Å². The number of rotatable bonds is 4. The van der Waals surface area contributed by atoms with E-state index in [4.69, 9.17) is 15.2 Å². The Hall–Kier alpha value is -1.22. The molecule has 0 radical (unpaired) electrons. The molecule has 15 heavy (non-hydrogen) atoms. The lowest BCUT2D eigenvalue weighted by Crippen LogP contribution is -2.18. The topological polar surface area (TPSA) is 44.5 Å². The van der Waals surface area contributed by atoms with Gasteiger partial charge in [0.1, 0.15) is 0 Å². The Bertz CT molecular complexity index is 359. The summed E-state index contributed by atoms with van der Waals surface area (Å²) in [6.07, 6.45) is 2.12. The molecular weight excluding hydrogens is 190 g/mol. The number of nitrogens with two attached hydrogens (primary N) is 1. The Morgan fingerprint density at radius 3 is 2.60 bits per heavy atom. The fraction of sp³-hybridized carbons (Fsp3) is 0.500. The highest BCUT2D eigenvalue weighted by atomic mass is 16.5. The normalized spacial score (nSPS) is 17.3. The Morgan fingerprint density at radius 2 is 2.07 bits per heavy atom. The van der Waals surface area contributed by atoms with Crippen molar-refractivity contribution in [2.24, 2.45) is 5.73 Å². The molecule has 0 amide bonds. The number of methoxy groups -OCH3 is 1. The third-order valence-electron chi connectivity index (χ3n) is 2.83. The quantitative estimate of drug-likeness (QED) is 0.821. The molecule has 1 saturated carbocycles. The summed E-state index contributed by atoms with van der Waals surface area (Å²) in [5, 5.41) is 0. The van der Waals surface area contributed by atoms with Crippen LogP contribution in [0.5, 0.6) is 11.5 Å². The van der Waals surface area contributed by atoms with Gasteiger partial charge in [-0.2, -0.15) is 0 Å². The minimum Gasteiger partial charge on any atom is -0.493 e.